The van der Waals surface area contributed by atoms with Crippen molar-refractivity contribution >= 4 is 44.0 Å². The standard InChI is InChI=1S/C34H52S4/c1-6-9-12-14-15-17-20-29-21-22-32(37-29)38(25-28(18-11-8-3)19-16-13-10-7-2)30-23-26(4)35-33(30)34-31(38)24-27(5)36-34/h21-24,28H,6-20,25H2,1-5H3. The summed E-state index contributed by atoms with van der Waals surface area (Å²) in [5.41, 5.74) is 0. The first-order valence-electron chi connectivity index (χ1n) is 15.6. The summed E-state index contributed by atoms with van der Waals surface area (Å²) in [6, 6.07) is 10.3. The van der Waals surface area contributed by atoms with Crippen LogP contribution in [0.5, 0.6) is 0 Å². The first-order chi connectivity index (χ1) is 18.5. The van der Waals surface area contributed by atoms with E-state index in [9.17, 15) is 0 Å². The molecule has 0 spiro atoms. The lowest BCUT2D eigenvalue weighted by Gasteiger charge is -2.39. The molecule has 0 bridgehead atoms. The van der Waals surface area contributed by atoms with E-state index in [0.29, 0.717) is 0 Å². The molecule has 3 aromatic rings. The zero-order valence-electron chi connectivity index (χ0n) is 24.8. The van der Waals surface area contributed by atoms with Crippen LogP contribution in [0.25, 0.3) is 9.75 Å². The summed E-state index contributed by atoms with van der Waals surface area (Å²) in [6.45, 7) is 11.7. The Labute approximate surface area is 248 Å². The molecule has 0 fully saturated rings. The van der Waals surface area contributed by atoms with Crippen LogP contribution >= 0.6 is 44.0 Å². The maximum Gasteiger partial charge on any atom is 0.0584 e. The molecular formula is C34H52S4. The van der Waals surface area contributed by atoms with Gasteiger partial charge in [0, 0.05) is 24.4 Å². The highest BCUT2D eigenvalue weighted by Gasteiger charge is 2.45. The largest absolute Gasteiger partial charge is 0.148 e. The van der Waals surface area contributed by atoms with Crippen LogP contribution in [-0.4, -0.2) is 5.75 Å². The van der Waals surface area contributed by atoms with E-state index in [-0.39, 0.29) is 0 Å². The molecule has 4 rings (SSSR count). The first-order valence-corrected chi connectivity index (χ1v) is 19.9. The van der Waals surface area contributed by atoms with Crippen LogP contribution in [0.15, 0.2) is 38.3 Å². The van der Waals surface area contributed by atoms with Gasteiger partial charge >= 0.3 is 0 Å². The Morgan fingerprint density at radius 2 is 1.18 bits per heavy atom. The van der Waals surface area contributed by atoms with Crippen molar-refractivity contribution in [1.29, 1.82) is 0 Å². The monoisotopic (exact) mass is 588 g/mol. The lowest BCUT2D eigenvalue weighted by Crippen LogP contribution is -2.14. The van der Waals surface area contributed by atoms with Crippen molar-refractivity contribution in [3.63, 3.8) is 0 Å². The molecule has 3 aromatic heterocycles. The van der Waals surface area contributed by atoms with Crippen molar-refractivity contribution in [2.24, 2.45) is 5.92 Å². The lowest BCUT2D eigenvalue weighted by molar-refractivity contribution is 0.449. The third-order valence-electron chi connectivity index (χ3n) is 8.27. The van der Waals surface area contributed by atoms with Crippen LogP contribution in [0.3, 0.4) is 0 Å². The molecule has 0 saturated carbocycles. The molecule has 1 unspecified atom stereocenters. The highest BCUT2D eigenvalue weighted by atomic mass is 32.3. The van der Waals surface area contributed by atoms with E-state index in [1.807, 2.05) is 0 Å². The normalized spacial score (nSPS) is 15.5. The fourth-order valence-corrected chi connectivity index (χ4v) is 16.1. The summed E-state index contributed by atoms with van der Waals surface area (Å²) in [6.07, 6.45) is 20.7. The number of fused-ring (bicyclic) bond motifs is 3. The van der Waals surface area contributed by atoms with Crippen LogP contribution in [0, 0.1) is 19.8 Å². The highest BCUT2D eigenvalue weighted by molar-refractivity contribution is 8.35. The lowest BCUT2D eigenvalue weighted by atomic mass is 9.97. The summed E-state index contributed by atoms with van der Waals surface area (Å²) >= 11 is 6.32. The molecule has 0 N–H and O–H groups in total. The molecule has 4 heterocycles. The van der Waals surface area contributed by atoms with Gasteiger partial charge in [-0.2, -0.15) is 0 Å². The number of hydrogen-bond donors (Lipinski definition) is 0. The summed E-state index contributed by atoms with van der Waals surface area (Å²) < 4.78 is 1.71. The Hall–Kier alpha value is -0.550. The van der Waals surface area contributed by atoms with Crippen LogP contribution in [0.2, 0.25) is 0 Å². The van der Waals surface area contributed by atoms with Gasteiger partial charge in [-0.15, -0.1) is 44.0 Å². The second kappa shape index (κ2) is 14.9. The summed E-state index contributed by atoms with van der Waals surface area (Å²) in [5, 5.41) is 0. The quantitative estimate of drug-likeness (QED) is 0.130. The molecule has 1 atom stereocenters. The summed E-state index contributed by atoms with van der Waals surface area (Å²) in [7, 11) is -1.17. The highest BCUT2D eigenvalue weighted by Crippen LogP contribution is 2.80. The minimum Gasteiger partial charge on any atom is -0.148 e. The van der Waals surface area contributed by atoms with Crippen molar-refractivity contribution < 1.29 is 0 Å². The second-order valence-corrected chi connectivity index (χ2v) is 18.7. The van der Waals surface area contributed by atoms with Crippen LogP contribution in [-0.2, 0) is 6.42 Å². The van der Waals surface area contributed by atoms with Gasteiger partial charge in [0.15, 0.2) is 0 Å². The number of thiophene rings is 3. The topological polar surface area (TPSA) is 0 Å². The van der Waals surface area contributed by atoms with Gasteiger partial charge in [0.25, 0.3) is 0 Å². The number of unbranched alkanes of at least 4 members (excludes halogenated alkanes) is 9. The Morgan fingerprint density at radius 3 is 1.82 bits per heavy atom. The minimum absolute atomic E-state index is 0.838. The van der Waals surface area contributed by atoms with E-state index in [0.717, 1.165) is 5.92 Å². The molecule has 0 aliphatic carbocycles. The SMILES string of the molecule is CCCCCCCCc1ccc(S2(CC(CCCC)CCCCCC)c3cc(C)sc3-c3sc(C)cc32)s1. The summed E-state index contributed by atoms with van der Waals surface area (Å²) in [5.74, 6) is 2.22. The fraction of sp³-hybridized carbons (Fsp3) is 0.647. The molecule has 38 heavy (non-hydrogen) atoms. The zero-order chi connectivity index (χ0) is 27.0. The van der Waals surface area contributed by atoms with Crippen molar-refractivity contribution in [1.82, 2.24) is 0 Å². The average Bonchev–Trinajstić information content (AvgIpc) is 3.67. The fourth-order valence-electron chi connectivity index (χ4n) is 6.19. The van der Waals surface area contributed by atoms with Gasteiger partial charge in [-0.3, -0.25) is 0 Å². The predicted molar refractivity (Wildman–Crippen MR) is 178 cm³/mol. The smallest absolute Gasteiger partial charge is 0.0584 e. The predicted octanol–water partition coefficient (Wildman–Crippen LogP) is 13.4. The van der Waals surface area contributed by atoms with E-state index < -0.39 is 10.0 Å². The van der Waals surface area contributed by atoms with Crippen LogP contribution in [0.4, 0.5) is 0 Å². The van der Waals surface area contributed by atoms with E-state index in [1.165, 1.54) is 112 Å². The van der Waals surface area contributed by atoms with Gasteiger partial charge in [0.2, 0.25) is 0 Å². The third kappa shape index (κ3) is 7.01. The van der Waals surface area contributed by atoms with Gasteiger partial charge in [0.05, 0.1) is 14.0 Å². The summed E-state index contributed by atoms with van der Waals surface area (Å²) in [4.78, 5) is 11.3. The number of aryl methyl sites for hydroxylation is 3. The van der Waals surface area contributed by atoms with Crippen molar-refractivity contribution in [2.45, 2.75) is 145 Å². The van der Waals surface area contributed by atoms with Crippen LogP contribution < -0.4 is 0 Å². The zero-order valence-corrected chi connectivity index (χ0v) is 28.1. The van der Waals surface area contributed by atoms with Crippen molar-refractivity contribution in [3.05, 3.63) is 38.9 Å². The first kappa shape index (κ1) is 30.4. The van der Waals surface area contributed by atoms with Crippen LogP contribution in [0.1, 0.15) is 125 Å². The Morgan fingerprint density at radius 1 is 0.632 bits per heavy atom. The molecule has 4 heteroatoms. The molecule has 1 aliphatic heterocycles. The number of rotatable bonds is 18. The Kier molecular flexibility index (Phi) is 11.9. The van der Waals surface area contributed by atoms with Gasteiger partial charge < -0.3 is 0 Å². The van der Waals surface area contributed by atoms with Gasteiger partial charge in [-0.25, -0.2) is 0 Å². The molecule has 0 aromatic carbocycles. The molecule has 0 radical (unpaired) electrons. The molecule has 0 nitrogen and oxygen atoms in total. The molecule has 212 valence electrons. The molecule has 1 aliphatic rings. The number of hydrogen-bond acceptors (Lipinski definition) is 3. The third-order valence-corrected chi connectivity index (χ3v) is 16.8. The van der Waals surface area contributed by atoms with Gasteiger partial charge in [-0.1, -0.05) is 91.4 Å². The molecule has 0 saturated heterocycles. The maximum absolute atomic E-state index is 2.61. The second-order valence-electron chi connectivity index (χ2n) is 11.6. The Balaban J connectivity index is 1.66. The molecular weight excluding hydrogens is 537 g/mol. The minimum atomic E-state index is -1.17. The Bertz CT molecular complexity index is 1070. The van der Waals surface area contributed by atoms with E-state index in [2.05, 4.69) is 92.9 Å². The van der Waals surface area contributed by atoms with Gasteiger partial charge in [-0.05, 0) is 75.5 Å². The van der Waals surface area contributed by atoms with Gasteiger partial charge in [0.1, 0.15) is 0 Å². The van der Waals surface area contributed by atoms with E-state index in [4.69, 9.17) is 0 Å². The van der Waals surface area contributed by atoms with E-state index >= 15 is 0 Å². The van der Waals surface area contributed by atoms with Crippen molar-refractivity contribution in [2.75, 3.05) is 5.75 Å². The maximum atomic E-state index is 2.61. The van der Waals surface area contributed by atoms with E-state index in [1.54, 1.807) is 28.6 Å². The molecule has 0 amide bonds. The average molecular weight is 589 g/mol. The van der Waals surface area contributed by atoms with Crippen molar-refractivity contribution in [3.8, 4) is 9.75 Å².